The van der Waals surface area contributed by atoms with Crippen molar-refractivity contribution in [3.8, 4) is 0 Å². The highest BCUT2D eigenvalue weighted by Crippen LogP contribution is 2.15. The Morgan fingerprint density at radius 3 is 3.00 bits per heavy atom. The fraction of sp³-hybridized carbons (Fsp3) is 0.364. The van der Waals surface area contributed by atoms with Crippen LogP contribution in [-0.4, -0.2) is 15.7 Å². The summed E-state index contributed by atoms with van der Waals surface area (Å²) in [6.45, 7) is 2.20. The molecule has 1 aromatic carbocycles. The minimum atomic E-state index is 0.989. The van der Waals surface area contributed by atoms with Gasteiger partial charge in [-0.25, -0.2) is 4.98 Å². The van der Waals surface area contributed by atoms with Crippen molar-refractivity contribution < 1.29 is 0 Å². The van der Waals surface area contributed by atoms with E-state index in [-0.39, 0.29) is 0 Å². The van der Waals surface area contributed by atoms with Gasteiger partial charge in [-0.2, -0.15) is 11.8 Å². The third-order valence-electron chi connectivity index (χ3n) is 2.03. The Hall–Kier alpha value is -0.960. The largest absolute Gasteiger partial charge is 0.341 e. The maximum Gasteiger partial charge on any atom is 0.117 e. The molecule has 0 fully saturated rings. The van der Waals surface area contributed by atoms with Gasteiger partial charge in [-0.1, -0.05) is 19.1 Å². The summed E-state index contributed by atoms with van der Waals surface area (Å²) in [5.41, 5.74) is 2.21. The van der Waals surface area contributed by atoms with E-state index in [2.05, 4.69) is 23.0 Å². The van der Waals surface area contributed by atoms with E-state index in [1.807, 2.05) is 30.0 Å². The van der Waals surface area contributed by atoms with Crippen LogP contribution in [0.2, 0.25) is 0 Å². The standard InChI is InChI=1S/C11H14N2S/c1-2-7-14-8-11-12-9-5-3-4-6-10(9)13-11/h3-6H,2,7-8H2,1H3,(H,12,13). The molecule has 0 amide bonds. The van der Waals surface area contributed by atoms with Gasteiger partial charge in [0.15, 0.2) is 0 Å². The molecule has 0 aliphatic heterocycles. The van der Waals surface area contributed by atoms with E-state index in [1.54, 1.807) is 0 Å². The molecule has 0 radical (unpaired) electrons. The Bertz CT molecular complexity index is 375. The number of benzene rings is 1. The number of H-pyrrole nitrogens is 1. The highest BCUT2D eigenvalue weighted by atomic mass is 32.2. The normalized spacial score (nSPS) is 10.9. The number of para-hydroxylation sites is 2. The van der Waals surface area contributed by atoms with E-state index in [9.17, 15) is 0 Å². The van der Waals surface area contributed by atoms with Crippen LogP contribution in [0.1, 0.15) is 19.2 Å². The molecular formula is C11H14N2S. The molecule has 0 unspecified atom stereocenters. The quantitative estimate of drug-likeness (QED) is 0.778. The third kappa shape index (κ3) is 2.10. The van der Waals surface area contributed by atoms with Gasteiger partial charge < -0.3 is 4.98 Å². The van der Waals surface area contributed by atoms with Crippen molar-refractivity contribution in [2.75, 3.05) is 5.75 Å². The zero-order valence-electron chi connectivity index (χ0n) is 8.29. The highest BCUT2D eigenvalue weighted by molar-refractivity contribution is 7.98. The second kappa shape index (κ2) is 4.51. The van der Waals surface area contributed by atoms with E-state index in [4.69, 9.17) is 0 Å². The highest BCUT2D eigenvalue weighted by Gasteiger charge is 2.00. The van der Waals surface area contributed by atoms with Crippen molar-refractivity contribution in [2.24, 2.45) is 0 Å². The summed E-state index contributed by atoms with van der Waals surface area (Å²) < 4.78 is 0. The third-order valence-corrected chi connectivity index (χ3v) is 3.20. The predicted molar refractivity (Wildman–Crippen MR) is 62.5 cm³/mol. The molecule has 0 atom stereocenters. The molecule has 0 bridgehead atoms. The van der Waals surface area contributed by atoms with Crippen LogP contribution in [-0.2, 0) is 5.75 Å². The van der Waals surface area contributed by atoms with Crippen LogP contribution >= 0.6 is 11.8 Å². The lowest BCUT2D eigenvalue weighted by atomic mass is 10.3. The summed E-state index contributed by atoms with van der Waals surface area (Å²) in [5.74, 6) is 3.28. The van der Waals surface area contributed by atoms with Gasteiger partial charge in [-0.3, -0.25) is 0 Å². The number of hydrogen-bond donors (Lipinski definition) is 1. The first kappa shape index (κ1) is 9.59. The Morgan fingerprint density at radius 1 is 1.36 bits per heavy atom. The first-order chi connectivity index (χ1) is 6.90. The topological polar surface area (TPSA) is 28.7 Å². The first-order valence-electron chi connectivity index (χ1n) is 4.91. The number of hydrogen-bond acceptors (Lipinski definition) is 2. The second-order valence-electron chi connectivity index (χ2n) is 3.25. The minimum absolute atomic E-state index is 0.989. The fourth-order valence-corrected chi connectivity index (χ4v) is 2.15. The maximum atomic E-state index is 4.51. The molecule has 0 saturated heterocycles. The Kier molecular flexibility index (Phi) is 3.09. The zero-order chi connectivity index (χ0) is 9.80. The van der Waals surface area contributed by atoms with Gasteiger partial charge in [-0.05, 0) is 24.3 Å². The maximum absolute atomic E-state index is 4.51. The number of nitrogens with zero attached hydrogens (tertiary/aromatic N) is 1. The molecule has 1 heterocycles. The number of rotatable bonds is 4. The van der Waals surface area contributed by atoms with Crippen LogP contribution in [0.4, 0.5) is 0 Å². The van der Waals surface area contributed by atoms with Crippen molar-refractivity contribution in [2.45, 2.75) is 19.1 Å². The molecule has 2 aromatic rings. The summed E-state index contributed by atoms with van der Waals surface area (Å²) in [5, 5.41) is 0. The average molecular weight is 206 g/mol. The lowest BCUT2D eigenvalue weighted by molar-refractivity contribution is 1.09. The zero-order valence-corrected chi connectivity index (χ0v) is 9.10. The molecule has 1 N–H and O–H groups in total. The van der Waals surface area contributed by atoms with Crippen LogP contribution < -0.4 is 0 Å². The number of imidazole rings is 1. The van der Waals surface area contributed by atoms with Crippen molar-refractivity contribution >= 4 is 22.8 Å². The summed E-state index contributed by atoms with van der Waals surface area (Å²) in [6, 6.07) is 8.16. The first-order valence-corrected chi connectivity index (χ1v) is 6.07. The Morgan fingerprint density at radius 2 is 2.21 bits per heavy atom. The predicted octanol–water partition coefficient (Wildman–Crippen LogP) is 3.21. The summed E-state index contributed by atoms with van der Waals surface area (Å²) >= 11 is 1.93. The number of nitrogens with one attached hydrogen (secondary N) is 1. The molecule has 2 rings (SSSR count). The molecule has 74 valence electrons. The van der Waals surface area contributed by atoms with E-state index in [0.29, 0.717) is 0 Å². The fourth-order valence-electron chi connectivity index (χ4n) is 1.39. The molecule has 0 spiro atoms. The van der Waals surface area contributed by atoms with Crippen molar-refractivity contribution in [1.82, 2.24) is 9.97 Å². The van der Waals surface area contributed by atoms with Crippen LogP contribution in [0.5, 0.6) is 0 Å². The molecule has 14 heavy (non-hydrogen) atoms. The van der Waals surface area contributed by atoms with Crippen molar-refractivity contribution in [3.05, 3.63) is 30.1 Å². The van der Waals surface area contributed by atoms with Gasteiger partial charge in [0.25, 0.3) is 0 Å². The molecule has 0 saturated carbocycles. The lowest BCUT2D eigenvalue weighted by Crippen LogP contribution is -1.84. The molecule has 0 aliphatic rings. The van der Waals surface area contributed by atoms with E-state index >= 15 is 0 Å². The van der Waals surface area contributed by atoms with E-state index in [0.717, 1.165) is 22.6 Å². The number of fused-ring (bicyclic) bond motifs is 1. The van der Waals surface area contributed by atoms with Crippen LogP contribution in [0.15, 0.2) is 24.3 Å². The minimum Gasteiger partial charge on any atom is -0.341 e. The summed E-state index contributed by atoms with van der Waals surface area (Å²) in [7, 11) is 0. The molecule has 0 aliphatic carbocycles. The Balaban J connectivity index is 2.11. The van der Waals surface area contributed by atoms with Crippen LogP contribution in [0.3, 0.4) is 0 Å². The number of aromatic nitrogens is 2. The SMILES string of the molecule is CCCSCc1nc2ccccc2[nH]1. The van der Waals surface area contributed by atoms with Gasteiger partial charge in [0.2, 0.25) is 0 Å². The monoisotopic (exact) mass is 206 g/mol. The Labute approximate surface area is 88.1 Å². The van der Waals surface area contributed by atoms with Crippen molar-refractivity contribution in [1.29, 1.82) is 0 Å². The van der Waals surface area contributed by atoms with Crippen LogP contribution in [0.25, 0.3) is 11.0 Å². The second-order valence-corrected chi connectivity index (χ2v) is 4.36. The molecular weight excluding hydrogens is 192 g/mol. The van der Waals surface area contributed by atoms with E-state index < -0.39 is 0 Å². The van der Waals surface area contributed by atoms with Gasteiger partial charge in [0, 0.05) is 0 Å². The summed E-state index contributed by atoms with van der Waals surface area (Å²) in [6.07, 6.45) is 1.23. The average Bonchev–Trinajstić information content (AvgIpc) is 2.60. The number of thioether (sulfide) groups is 1. The lowest BCUT2D eigenvalue weighted by Gasteiger charge is -1.94. The van der Waals surface area contributed by atoms with Gasteiger partial charge >= 0.3 is 0 Å². The molecule has 1 aromatic heterocycles. The molecule has 2 nitrogen and oxygen atoms in total. The van der Waals surface area contributed by atoms with Gasteiger partial charge in [0.05, 0.1) is 16.8 Å². The van der Waals surface area contributed by atoms with Crippen LogP contribution in [0, 0.1) is 0 Å². The smallest absolute Gasteiger partial charge is 0.117 e. The van der Waals surface area contributed by atoms with E-state index in [1.165, 1.54) is 12.2 Å². The molecule has 3 heteroatoms. The number of aromatic amines is 1. The van der Waals surface area contributed by atoms with Gasteiger partial charge in [-0.15, -0.1) is 0 Å². The van der Waals surface area contributed by atoms with Crippen molar-refractivity contribution in [3.63, 3.8) is 0 Å². The summed E-state index contributed by atoms with van der Waals surface area (Å²) in [4.78, 5) is 7.83. The van der Waals surface area contributed by atoms with Gasteiger partial charge in [0.1, 0.15) is 5.82 Å².